The van der Waals surface area contributed by atoms with Gasteiger partial charge in [0.1, 0.15) is 11.9 Å². The molecule has 102 valence electrons. The zero-order valence-electron chi connectivity index (χ0n) is 10.9. The van der Waals surface area contributed by atoms with Crippen LogP contribution in [0.2, 0.25) is 0 Å². The summed E-state index contributed by atoms with van der Waals surface area (Å²) in [7, 11) is 1.64. The second-order valence-corrected chi connectivity index (χ2v) is 4.31. The van der Waals surface area contributed by atoms with E-state index < -0.39 is 6.10 Å². The molecule has 1 aromatic rings. The van der Waals surface area contributed by atoms with Crippen molar-refractivity contribution in [3.8, 4) is 0 Å². The summed E-state index contributed by atoms with van der Waals surface area (Å²) in [5.41, 5.74) is 0. The van der Waals surface area contributed by atoms with E-state index in [9.17, 15) is 9.90 Å². The number of carbonyl (C=O) groups excluding carboxylic acids is 1. The Hall–Kier alpha value is -1.33. The molecule has 0 aliphatic heterocycles. The molecule has 0 aromatic carbocycles. The van der Waals surface area contributed by atoms with Crippen molar-refractivity contribution in [1.82, 2.24) is 5.32 Å². The summed E-state index contributed by atoms with van der Waals surface area (Å²) in [6.45, 7) is 2.69. The summed E-state index contributed by atoms with van der Waals surface area (Å²) < 4.78 is 9.98. The molecule has 0 saturated heterocycles. The maximum absolute atomic E-state index is 11.7. The van der Waals surface area contributed by atoms with E-state index in [1.807, 2.05) is 6.92 Å². The van der Waals surface area contributed by atoms with E-state index >= 15 is 0 Å². The minimum atomic E-state index is -0.796. The Morgan fingerprint density at radius 1 is 1.61 bits per heavy atom. The van der Waals surface area contributed by atoms with Crippen LogP contribution in [-0.4, -0.2) is 31.3 Å². The van der Waals surface area contributed by atoms with E-state index in [1.165, 1.54) is 6.26 Å². The molecule has 5 nitrogen and oxygen atoms in total. The second kappa shape index (κ2) is 7.89. The Morgan fingerprint density at radius 2 is 2.39 bits per heavy atom. The van der Waals surface area contributed by atoms with E-state index in [4.69, 9.17) is 9.15 Å². The summed E-state index contributed by atoms with van der Waals surface area (Å²) in [5.74, 6) is 0.322. The first-order chi connectivity index (χ1) is 8.65. The number of aliphatic hydroxyl groups excluding tert-OH is 1. The highest BCUT2D eigenvalue weighted by atomic mass is 16.5. The van der Waals surface area contributed by atoms with Gasteiger partial charge in [0.15, 0.2) is 0 Å². The molecule has 2 atom stereocenters. The highest BCUT2D eigenvalue weighted by Crippen LogP contribution is 2.12. The van der Waals surface area contributed by atoms with Gasteiger partial charge in [0.25, 0.3) is 0 Å². The summed E-state index contributed by atoms with van der Waals surface area (Å²) >= 11 is 0. The monoisotopic (exact) mass is 255 g/mol. The molecule has 0 aliphatic rings. The molecule has 0 bridgehead atoms. The van der Waals surface area contributed by atoms with Crippen LogP contribution < -0.4 is 5.32 Å². The summed E-state index contributed by atoms with van der Waals surface area (Å²) in [4.78, 5) is 11.7. The largest absolute Gasteiger partial charge is 0.467 e. The maximum Gasteiger partial charge on any atom is 0.222 e. The van der Waals surface area contributed by atoms with Crippen molar-refractivity contribution >= 4 is 5.91 Å². The van der Waals surface area contributed by atoms with Crippen LogP contribution in [-0.2, 0) is 9.53 Å². The zero-order valence-corrected chi connectivity index (χ0v) is 10.9. The van der Waals surface area contributed by atoms with Crippen molar-refractivity contribution in [3.05, 3.63) is 24.2 Å². The van der Waals surface area contributed by atoms with Crippen molar-refractivity contribution in [2.45, 2.75) is 25.9 Å². The molecule has 0 fully saturated rings. The van der Waals surface area contributed by atoms with Crippen LogP contribution in [0.4, 0.5) is 0 Å². The van der Waals surface area contributed by atoms with Crippen LogP contribution in [0.5, 0.6) is 0 Å². The van der Waals surface area contributed by atoms with E-state index in [0.717, 1.165) is 12.8 Å². The third-order valence-electron chi connectivity index (χ3n) is 2.77. The second-order valence-electron chi connectivity index (χ2n) is 4.31. The number of hydrogen-bond acceptors (Lipinski definition) is 4. The topological polar surface area (TPSA) is 71.7 Å². The molecule has 18 heavy (non-hydrogen) atoms. The molecule has 1 amide bonds. The lowest BCUT2D eigenvalue weighted by Gasteiger charge is -2.14. The van der Waals surface area contributed by atoms with Gasteiger partial charge in [0, 0.05) is 19.6 Å². The minimum Gasteiger partial charge on any atom is -0.467 e. The van der Waals surface area contributed by atoms with Crippen molar-refractivity contribution in [2.24, 2.45) is 5.92 Å². The predicted octanol–water partition coefficient (Wildman–Crippen LogP) is 1.49. The SMILES string of the molecule is COCCCC(C)C(=O)NCC(O)c1ccco1. The molecule has 5 heteroatoms. The molecular weight excluding hydrogens is 234 g/mol. The summed E-state index contributed by atoms with van der Waals surface area (Å²) in [6.07, 6.45) is 2.32. The highest BCUT2D eigenvalue weighted by Gasteiger charge is 2.15. The van der Waals surface area contributed by atoms with Gasteiger partial charge in [0.2, 0.25) is 5.91 Å². The maximum atomic E-state index is 11.7. The molecule has 0 spiro atoms. The van der Waals surface area contributed by atoms with Crippen molar-refractivity contribution in [2.75, 3.05) is 20.3 Å². The Labute approximate surface area is 107 Å². The van der Waals surface area contributed by atoms with Crippen LogP contribution in [0.15, 0.2) is 22.8 Å². The first kappa shape index (κ1) is 14.7. The smallest absolute Gasteiger partial charge is 0.222 e. The van der Waals surface area contributed by atoms with E-state index in [1.54, 1.807) is 19.2 Å². The van der Waals surface area contributed by atoms with Gasteiger partial charge >= 0.3 is 0 Å². The lowest BCUT2D eigenvalue weighted by atomic mass is 10.1. The number of ether oxygens (including phenoxy) is 1. The fraction of sp³-hybridized carbons (Fsp3) is 0.615. The number of carbonyl (C=O) groups is 1. The van der Waals surface area contributed by atoms with Gasteiger partial charge in [-0.3, -0.25) is 4.79 Å². The van der Waals surface area contributed by atoms with Gasteiger partial charge in [-0.15, -0.1) is 0 Å². The van der Waals surface area contributed by atoms with E-state index in [-0.39, 0.29) is 18.4 Å². The van der Waals surface area contributed by atoms with Gasteiger partial charge in [-0.05, 0) is 25.0 Å². The zero-order chi connectivity index (χ0) is 13.4. The van der Waals surface area contributed by atoms with Crippen LogP contribution in [0.1, 0.15) is 31.6 Å². The minimum absolute atomic E-state index is 0.0586. The van der Waals surface area contributed by atoms with Crippen LogP contribution >= 0.6 is 0 Å². The lowest BCUT2D eigenvalue weighted by molar-refractivity contribution is -0.125. The number of hydrogen-bond donors (Lipinski definition) is 2. The van der Waals surface area contributed by atoms with Crippen LogP contribution in [0.3, 0.4) is 0 Å². The summed E-state index contributed by atoms with van der Waals surface area (Å²) in [5, 5.41) is 12.4. The van der Waals surface area contributed by atoms with Crippen molar-refractivity contribution in [3.63, 3.8) is 0 Å². The molecular formula is C13H21NO4. The Bertz CT molecular complexity index is 337. The third kappa shape index (κ3) is 4.89. The Kier molecular flexibility index (Phi) is 6.46. The van der Waals surface area contributed by atoms with E-state index in [0.29, 0.717) is 12.4 Å². The first-order valence-electron chi connectivity index (χ1n) is 6.13. The van der Waals surface area contributed by atoms with Gasteiger partial charge in [-0.25, -0.2) is 0 Å². The number of methoxy groups -OCH3 is 1. The van der Waals surface area contributed by atoms with Gasteiger partial charge in [0.05, 0.1) is 12.8 Å². The molecule has 2 N–H and O–H groups in total. The lowest BCUT2D eigenvalue weighted by Crippen LogP contribution is -2.32. The third-order valence-corrected chi connectivity index (χ3v) is 2.77. The average molecular weight is 255 g/mol. The van der Waals surface area contributed by atoms with Crippen LogP contribution in [0.25, 0.3) is 0 Å². The average Bonchev–Trinajstić information content (AvgIpc) is 2.89. The normalized spacial score (nSPS) is 14.2. The Morgan fingerprint density at radius 3 is 3.00 bits per heavy atom. The first-order valence-corrected chi connectivity index (χ1v) is 6.13. The molecule has 1 aromatic heterocycles. The van der Waals surface area contributed by atoms with Gasteiger partial charge in [-0.1, -0.05) is 6.92 Å². The molecule has 0 aliphatic carbocycles. The number of aliphatic hydroxyl groups is 1. The number of nitrogens with one attached hydrogen (secondary N) is 1. The highest BCUT2D eigenvalue weighted by molar-refractivity contribution is 5.78. The standard InChI is InChI=1S/C13H21NO4/c1-10(5-3-7-17-2)13(16)14-9-11(15)12-6-4-8-18-12/h4,6,8,10-11,15H,3,5,7,9H2,1-2H3,(H,14,16). The van der Waals surface area contributed by atoms with Crippen LogP contribution in [0, 0.1) is 5.92 Å². The molecule has 1 rings (SSSR count). The number of amides is 1. The summed E-state index contributed by atoms with van der Waals surface area (Å²) in [6, 6.07) is 3.38. The molecule has 0 radical (unpaired) electrons. The van der Waals surface area contributed by atoms with Crippen molar-refractivity contribution in [1.29, 1.82) is 0 Å². The molecule has 0 saturated carbocycles. The van der Waals surface area contributed by atoms with E-state index in [2.05, 4.69) is 5.32 Å². The Balaban J connectivity index is 2.23. The van der Waals surface area contributed by atoms with Gasteiger partial charge in [-0.2, -0.15) is 0 Å². The fourth-order valence-corrected chi connectivity index (χ4v) is 1.62. The molecule has 2 unspecified atom stereocenters. The quantitative estimate of drug-likeness (QED) is 0.690. The number of furan rings is 1. The fourth-order valence-electron chi connectivity index (χ4n) is 1.62. The number of rotatable bonds is 8. The molecule has 1 heterocycles. The van der Waals surface area contributed by atoms with Crippen molar-refractivity contribution < 1.29 is 19.1 Å². The predicted molar refractivity (Wildman–Crippen MR) is 67.0 cm³/mol. The van der Waals surface area contributed by atoms with Gasteiger partial charge < -0.3 is 19.6 Å².